The standard InChI is InChI=1S/C16H21NO5S/c1-5-17(10-12(2)3)15(18)11-22-16(19)13-6-8-14(9-7-13)23(4,20)21/h6-9H,2,5,10-11H2,1,3-4H3. The minimum Gasteiger partial charge on any atom is -0.452 e. The lowest BCUT2D eigenvalue weighted by molar-refractivity contribution is -0.133. The van der Waals surface area contributed by atoms with Crippen LogP contribution in [0.2, 0.25) is 0 Å². The van der Waals surface area contributed by atoms with Crippen molar-refractivity contribution in [2.75, 3.05) is 26.0 Å². The number of hydrogen-bond donors (Lipinski definition) is 0. The van der Waals surface area contributed by atoms with Crippen LogP contribution in [0.25, 0.3) is 0 Å². The Labute approximate surface area is 136 Å². The molecule has 0 aliphatic rings. The van der Waals surface area contributed by atoms with Crippen molar-refractivity contribution in [3.05, 3.63) is 42.0 Å². The van der Waals surface area contributed by atoms with Crippen LogP contribution in [0, 0.1) is 0 Å². The molecule has 0 unspecified atom stereocenters. The molecule has 126 valence electrons. The summed E-state index contributed by atoms with van der Waals surface area (Å²) in [4.78, 5) is 25.5. The molecule has 0 saturated heterocycles. The van der Waals surface area contributed by atoms with Crippen LogP contribution in [0.1, 0.15) is 24.2 Å². The molecule has 23 heavy (non-hydrogen) atoms. The molecule has 0 aromatic heterocycles. The van der Waals surface area contributed by atoms with Crippen LogP contribution in [0.3, 0.4) is 0 Å². The van der Waals surface area contributed by atoms with Gasteiger partial charge in [-0.3, -0.25) is 4.79 Å². The molecule has 0 N–H and O–H groups in total. The van der Waals surface area contributed by atoms with Gasteiger partial charge in [0.2, 0.25) is 0 Å². The zero-order valence-electron chi connectivity index (χ0n) is 13.5. The first-order chi connectivity index (χ1) is 10.6. The fraction of sp³-hybridized carbons (Fsp3) is 0.375. The van der Waals surface area contributed by atoms with E-state index >= 15 is 0 Å². The van der Waals surface area contributed by atoms with E-state index in [0.717, 1.165) is 11.8 Å². The molecule has 0 fully saturated rings. The van der Waals surface area contributed by atoms with Crippen LogP contribution in [-0.4, -0.2) is 51.1 Å². The smallest absolute Gasteiger partial charge is 0.338 e. The Morgan fingerprint density at radius 3 is 2.22 bits per heavy atom. The van der Waals surface area contributed by atoms with Gasteiger partial charge in [-0.05, 0) is 38.1 Å². The molecule has 0 aliphatic heterocycles. The van der Waals surface area contributed by atoms with Crippen molar-refractivity contribution < 1.29 is 22.7 Å². The maximum Gasteiger partial charge on any atom is 0.338 e. The molecular formula is C16H21NO5S. The van der Waals surface area contributed by atoms with Gasteiger partial charge in [0.25, 0.3) is 5.91 Å². The van der Waals surface area contributed by atoms with Crippen LogP contribution in [0.15, 0.2) is 41.3 Å². The molecule has 0 spiro atoms. The summed E-state index contributed by atoms with van der Waals surface area (Å²) in [5, 5.41) is 0. The fourth-order valence-electron chi connectivity index (χ4n) is 1.84. The molecular weight excluding hydrogens is 318 g/mol. The Morgan fingerprint density at radius 1 is 1.22 bits per heavy atom. The van der Waals surface area contributed by atoms with E-state index in [1.54, 1.807) is 0 Å². The van der Waals surface area contributed by atoms with Gasteiger partial charge in [-0.25, -0.2) is 13.2 Å². The van der Waals surface area contributed by atoms with E-state index in [-0.39, 0.29) is 23.0 Å². The van der Waals surface area contributed by atoms with Gasteiger partial charge >= 0.3 is 5.97 Å². The van der Waals surface area contributed by atoms with E-state index < -0.39 is 15.8 Å². The quantitative estimate of drug-likeness (QED) is 0.557. The molecule has 0 radical (unpaired) electrons. The predicted octanol–water partition coefficient (Wildman–Crippen LogP) is 1.67. The monoisotopic (exact) mass is 339 g/mol. The average molecular weight is 339 g/mol. The van der Waals surface area contributed by atoms with E-state index in [4.69, 9.17) is 4.74 Å². The van der Waals surface area contributed by atoms with Crippen molar-refractivity contribution in [1.29, 1.82) is 0 Å². The van der Waals surface area contributed by atoms with Crippen molar-refractivity contribution in [1.82, 2.24) is 4.90 Å². The zero-order chi connectivity index (χ0) is 17.6. The van der Waals surface area contributed by atoms with Gasteiger partial charge in [-0.1, -0.05) is 12.2 Å². The molecule has 1 aromatic rings. The molecule has 0 aliphatic carbocycles. The Bertz CT molecular complexity index is 692. The summed E-state index contributed by atoms with van der Waals surface area (Å²) in [6, 6.07) is 5.36. The number of rotatable bonds is 7. The van der Waals surface area contributed by atoms with E-state index in [0.29, 0.717) is 13.1 Å². The van der Waals surface area contributed by atoms with E-state index in [1.807, 2.05) is 13.8 Å². The van der Waals surface area contributed by atoms with Crippen LogP contribution in [0.4, 0.5) is 0 Å². The summed E-state index contributed by atoms with van der Waals surface area (Å²) < 4.78 is 27.7. The van der Waals surface area contributed by atoms with Crippen molar-refractivity contribution in [3.8, 4) is 0 Å². The van der Waals surface area contributed by atoms with E-state index in [1.165, 1.54) is 29.2 Å². The maximum atomic E-state index is 12.0. The van der Waals surface area contributed by atoms with Crippen LogP contribution in [0.5, 0.6) is 0 Å². The van der Waals surface area contributed by atoms with Gasteiger partial charge in [0, 0.05) is 19.3 Å². The first kappa shape index (κ1) is 18.9. The van der Waals surface area contributed by atoms with E-state index in [2.05, 4.69) is 6.58 Å². The summed E-state index contributed by atoms with van der Waals surface area (Å²) in [6.45, 7) is 7.92. The highest BCUT2D eigenvalue weighted by Gasteiger charge is 2.16. The van der Waals surface area contributed by atoms with Gasteiger partial charge in [-0.2, -0.15) is 0 Å². The van der Waals surface area contributed by atoms with Gasteiger partial charge in [-0.15, -0.1) is 0 Å². The normalized spacial score (nSPS) is 10.9. The summed E-state index contributed by atoms with van der Waals surface area (Å²) in [6.07, 6.45) is 1.08. The zero-order valence-corrected chi connectivity index (χ0v) is 14.4. The molecule has 0 saturated carbocycles. The number of sulfone groups is 1. The number of carbonyl (C=O) groups excluding carboxylic acids is 2. The van der Waals surface area contributed by atoms with Crippen molar-refractivity contribution in [2.24, 2.45) is 0 Å². The lowest BCUT2D eigenvalue weighted by Crippen LogP contribution is -2.35. The van der Waals surface area contributed by atoms with Crippen LogP contribution in [-0.2, 0) is 19.4 Å². The number of likely N-dealkylation sites (N-methyl/N-ethyl adjacent to an activating group) is 1. The number of hydrogen-bond acceptors (Lipinski definition) is 5. The summed E-state index contributed by atoms with van der Waals surface area (Å²) in [5.41, 5.74) is 1.02. The fourth-order valence-corrected chi connectivity index (χ4v) is 2.47. The highest BCUT2D eigenvalue weighted by atomic mass is 32.2. The predicted molar refractivity (Wildman–Crippen MR) is 86.9 cm³/mol. The molecule has 0 bridgehead atoms. The lowest BCUT2D eigenvalue weighted by atomic mass is 10.2. The second-order valence-electron chi connectivity index (χ2n) is 5.24. The summed E-state index contributed by atoms with van der Waals surface area (Å²) in [5.74, 6) is -0.985. The van der Waals surface area contributed by atoms with E-state index in [9.17, 15) is 18.0 Å². The maximum absolute atomic E-state index is 12.0. The molecule has 6 nitrogen and oxygen atoms in total. The number of amides is 1. The Kier molecular flexibility index (Phi) is 6.50. The van der Waals surface area contributed by atoms with Gasteiger partial charge in [0.1, 0.15) is 0 Å². The van der Waals surface area contributed by atoms with Crippen LogP contribution < -0.4 is 0 Å². The Morgan fingerprint density at radius 2 is 1.78 bits per heavy atom. The number of ether oxygens (including phenoxy) is 1. The molecule has 1 rings (SSSR count). The van der Waals surface area contributed by atoms with Crippen molar-refractivity contribution >= 4 is 21.7 Å². The second-order valence-corrected chi connectivity index (χ2v) is 7.25. The van der Waals surface area contributed by atoms with Gasteiger partial charge in [0.05, 0.1) is 10.5 Å². The number of esters is 1. The van der Waals surface area contributed by atoms with Crippen molar-refractivity contribution in [2.45, 2.75) is 18.7 Å². The first-order valence-electron chi connectivity index (χ1n) is 7.04. The van der Waals surface area contributed by atoms with Gasteiger partial charge < -0.3 is 9.64 Å². The molecule has 7 heteroatoms. The molecule has 1 aromatic carbocycles. The third-order valence-electron chi connectivity index (χ3n) is 3.04. The third-order valence-corrected chi connectivity index (χ3v) is 4.17. The first-order valence-corrected chi connectivity index (χ1v) is 8.93. The SMILES string of the molecule is C=C(C)CN(CC)C(=O)COC(=O)c1ccc(S(C)(=O)=O)cc1. The molecule has 0 heterocycles. The average Bonchev–Trinajstić information content (AvgIpc) is 2.49. The summed E-state index contributed by atoms with van der Waals surface area (Å²) in [7, 11) is -3.32. The second kappa shape index (κ2) is 7.92. The minimum absolute atomic E-state index is 0.115. The Hall–Kier alpha value is -2.15. The third kappa shape index (κ3) is 5.86. The highest BCUT2D eigenvalue weighted by molar-refractivity contribution is 7.90. The number of benzene rings is 1. The van der Waals surface area contributed by atoms with Gasteiger partial charge in [0.15, 0.2) is 16.4 Å². The largest absolute Gasteiger partial charge is 0.452 e. The van der Waals surface area contributed by atoms with Crippen molar-refractivity contribution in [3.63, 3.8) is 0 Å². The molecule has 1 amide bonds. The van der Waals surface area contributed by atoms with Crippen LogP contribution >= 0.6 is 0 Å². The summed E-state index contributed by atoms with van der Waals surface area (Å²) >= 11 is 0. The number of nitrogens with zero attached hydrogens (tertiary/aromatic N) is 1. The Balaban J connectivity index is 2.66. The molecule has 0 atom stereocenters. The topological polar surface area (TPSA) is 80.8 Å². The minimum atomic E-state index is -3.32. The lowest BCUT2D eigenvalue weighted by Gasteiger charge is -2.20. The number of carbonyl (C=O) groups is 2. The highest BCUT2D eigenvalue weighted by Crippen LogP contribution is 2.11.